The molecule has 0 aliphatic carbocycles. The van der Waals surface area contributed by atoms with E-state index in [1.165, 1.54) is 17.1 Å². The molecule has 34 heavy (non-hydrogen) atoms. The molecule has 0 unspecified atom stereocenters. The molecule has 0 saturated carbocycles. The lowest BCUT2D eigenvalue weighted by Crippen LogP contribution is -2.07. The number of benzene rings is 4. The minimum absolute atomic E-state index is 0.141. The van der Waals surface area contributed by atoms with Gasteiger partial charge in [0, 0.05) is 27.2 Å². The Morgan fingerprint density at radius 3 is 2.41 bits per heavy atom. The third kappa shape index (κ3) is 5.16. The Bertz CT molecular complexity index is 1430. The van der Waals surface area contributed by atoms with Gasteiger partial charge in [0.2, 0.25) is 0 Å². The molecule has 0 N–H and O–H groups in total. The number of halogens is 1. The van der Waals surface area contributed by atoms with Crippen molar-refractivity contribution in [1.82, 2.24) is 9.78 Å². The first-order chi connectivity index (χ1) is 16.7. The van der Waals surface area contributed by atoms with E-state index in [-0.39, 0.29) is 18.3 Å². The standard InChI is InChI=1S/C28H21ClN2O2S/c29-24-13-10-21(11-14-24)28-23(17-31(30-28)25-8-2-1-3-9-25)18-33-27(32)19-34-26-15-12-20-6-4-5-7-22(20)16-26/h1-17H,18-19H2. The number of para-hydroxylation sites is 1. The van der Waals surface area contributed by atoms with E-state index in [9.17, 15) is 4.79 Å². The predicted molar refractivity (Wildman–Crippen MR) is 138 cm³/mol. The van der Waals surface area contributed by atoms with Crippen LogP contribution >= 0.6 is 23.4 Å². The summed E-state index contributed by atoms with van der Waals surface area (Å²) in [5.74, 6) is -0.0331. The number of hydrogen-bond acceptors (Lipinski definition) is 4. The minimum atomic E-state index is -0.271. The van der Waals surface area contributed by atoms with Crippen molar-refractivity contribution in [3.63, 3.8) is 0 Å². The van der Waals surface area contributed by atoms with Crippen LogP contribution in [0.4, 0.5) is 0 Å². The number of ether oxygens (including phenoxy) is 1. The van der Waals surface area contributed by atoms with Crippen LogP contribution in [0.5, 0.6) is 0 Å². The fraction of sp³-hybridized carbons (Fsp3) is 0.0714. The Balaban J connectivity index is 1.30. The monoisotopic (exact) mass is 484 g/mol. The third-order valence-electron chi connectivity index (χ3n) is 5.39. The summed E-state index contributed by atoms with van der Waals surface area (Å²) >= 11 is 7.54. The van der Waals surface area contributed by atoms with Gasteiger partial charge in [-0.25, -0.2) is 4.68 Å². The van der Waals surface area contributed by atoms with Gasteiger partial charge in [0.1, 0.15) is 6.61 Å². The van der Waals surface area contributed by atoms with E-state index in [4.69, 9.17) is 21.4 Å². The van der Waals surface area contributed by atoms with Gasteiger partial charge in [-0.2, -0.15) is 5.10 Å². The zero-order valence-corrected chi connectivity index (χ0v) is 19.8. The fourth-order valence-electron chi connectivity index (χ4n) is 3.68. The molecule has 6 heteroatoms. The number of thioether (sulfide) groups is 1. The highest BCUT2D eigenvalue weighted by Crippen LogP contribution is 2.27. The molecule has 0 saturated heterocycles. The number of esters is 1. The van der Waals surface area contributed by atoms with Gasteiger partial charge in [0.25, 0.3) is 0 Å². The van der Waals surface area contributed by atoms with Crippen molar-refractivity contribution in [3.05, 3.63) is 114 Å². The largest absolute Gasteiger partial charge is 0.460 e. The number of nitrogens with zero attached hydrogens (tertiary/aromatic N) is 2. The molecule has 0 aliphatic rings. The van der Waals surface area contributed by atoms with E-state index in [0.29, 0.717) is 5.02 Å². The lowest BCUT2D eigenvalue weighted by Gasteiger charge is -2.06. The lowest BCUT2D eigenvalue weighted by atomic mass is 10.1. The quantitative estimate of drug-likeness (QED) is 0.181. The van der Waals surface area contributed by atoms with Gasteiger partial charge in [0.15, 0.2) is 0 Å². The fourth-order valence-corrected chi connectivity index (χ4v) is 4.55. The predicted octanol–water partition coefficient (Wildman–Crippen LogP) is 7.18. The minimum Gasteiger partial charge on any atom is -0.460 e. The molecule has 0 spiro atoms. The average molecular weight is 485 g/mol. The number of fused-ring (bicyclic) bond motifs is 1. The van der Waals surface area contributed by atoms with Gasteiger partial charge < -0.3 is 4.74 Å². The second-order valence-corrected chi connectivity index (χ2v) is 9.23. The first-order valence-corrected chi connectivity index (χ1v) is 12.2. The van der Waals surface area contributed by atoms with Crippen LogP contribution in [0.25, 0.3) is 27.7 Å². The summed E-state index contributed by atoms with van der Waals surface area (Å²) in [6.07, 6.45) is 1.91. The Labute approximate surface area is 207 Å². The Morgan fingerprint density at radius 2 is 1.62 bits per heavy atom. The van der Waals surface area contributed by atoms with E-state index in [1.807, 2.05) is 79.0 Å². The van der Waals surface area contributed by atoms with Gasteiger partial charge in [-0.15, -0.1) is 11.8 Å². The highest BCUT2D eigenvalue weighted by molar-refractivity contribution is 8.00. The molecule has 0 fully saturated rings. The van der Waals surface area contributed by atoms with E-state index in [2.05, 4.69) is 24.3 Å². The van der Waals surface area contributed by atoms with Gasteiger partial charge in [-0.1, -0.05) is 72.3 Å². The molecular formula is C28H21ClN2O2S. The second-order valence-electron chi connectivity index (χ2n) is 7.75. The molecule has 0 atom stereocenters. The number of aromatic nitrogens is 2. The van der Waals surface area contributed by atoms with E-state index in [1.54, 1.807) is 4.68 Å². The van der Waals surface area contributed by atoms with Crippen molar-refractivity contribution in [2.75, 3.05) is 5.75 Å². The second kappa shape index (κ2) is 10.2. The molecule has 1 heterocycles. The maximum absolute atomic E-state index is 12.5. The first kappa shape index (κ1) is 22.3. The molecule has 4 aromatic carbocycles. The van der Waals surface area contributed by atoms with Crippen LogP contribution in [0.2, 0.25) is 5.02 Å². The maximum Gasteiger partial charge on any atom is 0.316 e. The number of carbonyl (C=O) groups is 1. The Hall–Kier alpha value is -3.54. The third-order valence-corrected chi connectivity index (χ3v) is 6.61. The zero-order chi connectivity index (χ0) is 23.3. The van der Waals surface area contributed by atoms with Crippen molar-refractivity contribution in [3.8, 4) is 16.9 Å². The molecule has 168 valence electrons. The van der Waals surface area contributed by atoms with E-state index >= 15 is 0 Å². The highest BCUT2D eigenvalue weighted by atomic mass is 35.5. The zero-order valence-electron chi connectivity index (χ0n) is 18.2. The summed E-state index contributed by atoms with van der Waals surface area (Å²) in [6.45, 7) is 0.141. The molecule has 0 amide bonds. The average Bonchev–Trinajstić information content (AvgIpc) is 3.31. The van der Waals surface area contributed by atoms with Crippen LogP contribution in [0.3, 0.4) is 0 Å². The summed E-state index contributed by atoms with van der Waals surface area (Å²) in [5, 5.41) is 7.75. The van der Waals surface area contributed by atoms with Crippen LogP contribution in [0.15, 0.2) is 108 Å². The van der Waals surface area contributed by atoms with Crippen molar-refractivity contribution < 1.29 is 9.53 Å². The summed E-state index contributed by atoms with van der Waals surface area (Å²) in [6, 6.07) is 31.7. The van der Waals surface area contributed by atoms with Crippen LogP contribution < -0.4 is 0 Å². The molecule has 0 aliphatic heterocycles. The van der Waals surface area contributed by atoms with Crippen LogP contribution in [-0.4, -0.2) is 21.5 Å². The van der Waals surface area contributed by atoms with Crippen molar-refractivity contribution in [2.45, 2.75) is 11.5 Å². The van der Waals surface area contributed by atoms with Crippen molar-refractivity contribution >= 4 is 40.1 Å². The Kier molecular flexibility index (Phi) is 6.65. The van der Waals surface area contributed by atoms with Crippen molar-refractivity contribution in [1.29, 1.82) is 0 Å². The number of rotatable bonds is 7. The normalized spacial score (nSPS) is 11.0. The van der Waals surface area contributed by atoms with Gasteiger partial charge in [-0.3, -0.25) is 4.79 Å². The molecule has 4 nitrogen and oxygen atoms in total. The summed E-state index contributed by atoms with van der Waals surface area (Å²) in [4.78, 5) is 13.6. The summed E-state index contributed by atoms with van der Waals surface area (Å²) in [7, 11) is 0. The van der Waals surface area contributed by atoms with Gasteiger partial charge >= 0.3 is 5.97 Å². The smallest absolute Gasteiger partial charge is 0.316 e. The van der Waals surface area contributed by atoms with Gasteiger partial charge in [0.05, 0.1) is 17.1 Å². The molecule has 0 bridgehead atoms. The lowest BCUT2D eigenvalue weighted by molar-refractivity contribution is -0.141. The summed E-state index contributed by atoms with van der Waals surface area (Å²) in [5.41, 5.74) is 3.43. The van der Waals surface area contributed by atoms with E-state index < -0.39 is 0 Å². The molecule has 5 aromatic rings. The Morgan fingerprint density at radius 1 is 0.882 bits per heavy atom. The molecule has 1 aromatic heterocycles. The summed E-state index contributed by atoms with van der Waals surface area (Å²) < 4.78 is 7.44. The topological polar surface area (TPSA) is 44.1 Å². The molecule has 5 rings (SSSR count). The maximum atomic E-state index is 12.5. The van der Waals surface area contributed by atoms with Gasteiger partial charge in [-0.05, 0) is 47.2 Å². The highest BCUT2D eigenvalue weighted by Gasteiger charge is 2.15. The molecule has 0 radical (unpaired) electrons. The van der Waals surface area contributed by atoms with Crippen LogP contribution in [0.1, 0.15) is 5.56 Å². The number of carbonyl (C=O) groups excluding carboxylic acids is 1. The first-order valence-electron chi connectivity index (χ1n) is 10.8. The number of hydrogen-bond donors (Lipinski definition) is 0. The van der Waals surface area contributed by atoms with Crippen molar-refractivity contribution in [2.24, 2.45) is 0 Å². The SMILES string of the molecule is O=C(CSc1ccc2ccccc2c1)OCc1cn(-c2ccccc2)nc1-c1ccc(Cl)cc1. The molecular weight excluding hydrogens is 464 g/mol. The van der Waals surface area contributed by atoms with Crippen LogP contribution in [-0.2, 0) is 16.1 Å². The van der Waals surface area contributed by atoms with E-state index in [0.717, 1.165) is 32.8 Å². The van der Waals surface area contributed by atoms with Crippen LogP contribution in [0, 0.1) is 0 Å².